The molecule has 18 heavy (non-hydrogen) atoms. The van der Waals surface area contributed by atoms with Crippen molar-refractivity contribution in [1.82, 2.24) is 15.1 Å². The Bertz CT molecular complexity index is 273. The summed E-state index contributed by atoms with van der Waals surface area (Å²) in [5.41, 5.74) is 0. The van der Waals surface area contributed by atoms with E-state index < -0.39 is 0 Å². The first-order chi connectivity index (χ1) is 8.72. The standard InChI is InChI=1S/C15H29N3/c1-12(17(2)15-7-8-15)10-18-9-3-4-14(11-18)16-13-5-6-13/h12-16H,3-11H2,1-2H3. The molecule has 0 aromatic carbocycles. The van der Waals surface area contributed by atoms with Crippen LogP contribution in [0.5, 0.6) is 0 Å². The van der Waals surface area contributed by atoms with Crippen LogP contribution in [0, 0.1) is 0 Å². The molecule has 1 saturated heterocycles. The zero-order valence-corrected chi connectivity index (χ0v) is 12.1. The van der Waals surface area contributed by atoms with Gasteiger partial charge in [0.15, 0.2) is 0 Å². The van der Waals surface area contributed by atoms with Crippen molar-refractivity contribution in [3.05, 3.63) is 0 Å². The summed E-state index contributed by atoms with van der Waals surface area (Å²) in [6, 6.07) is 3.24. The van der Waals surface area contributed by atoms with Crippen molar-refractivity contribution in [3.63, 3.8) is 0 Å². The molecule has 2 aliphatic carbocycles. The molecule has 3 rings (SSSR count). The van der Waals surface area contributed by atoms with Crippen LogP contribution < -0.4 is 5.32 Å². The van der Waals surface area contributed by atoms with Gasteiger partial charge >= 0.3 is 0 Å². The summed E-state index contributed by atoms with van der Waals surface area (Å²) in [7, 11) is 2.31. The van der Waals surface area contributed by atoms with E-state index in [2.05, 4.69) is 29.1 Å². The van der Waals surface area contributed by atoms with Crippen molar-refractivity contribution in [2.24, 2.45) is 0 Å². The summed E-state index contributed by atoms with van der Waals surface area (Å²) < 4.78 is 0. The molecule has 0 bridgehead atoms. The van der Waals surface area contributed by atoms with E-state index in [0.29, 0.717) is 0 Å². The second kappa shape index (κ2) is 5.48. The highest BCUT2D eigenvalue weighted by Gasteiger charge is 2.31. The van der Waals surface area contributed by atoms with E-state index in [1.54, 1.807) is 0 Å². The van der Waals surface area contributed by atoms with E-state index in [1.807, 2.05) is 0 Å². The number of rotatable bonds is 6. The molecular formula is C15H29N3. The van der Waals surface area contributed by atoms with Crippen LogP contribution in [0.3, 0.4) is 0 Å². The monoisotopic (exact) mass is 251 g/mol. The Morgan fingerprint density at radius 1 is 1.17 bits per heavy atom. The van der Waals surface area contributed by atoms with E-state index in [0.717, 1.165) is 24.2 Å². The van der Waals surface area contributed by atoms with Gasteiger partial charge in [-0.05, 0) is 59.0 Å². The average molecular weight is 251 g/mol. The van der Waals surface area contributed by atoms with Gasteiger partial charge < -0.3 is 10.2 Å². The van der Waals surface area contributed by atoms with Crippen LogP contribution in [-0.2, 0) is 0 Å². The molecule has 3 aliphatic rings. The maximum absolute atomic E-state index is 3.81. The molecule has 3 fully saturated rings. The molecule has 0 amide bonds. The van der Waals surface area contributed by atoms with Crippen LogP contribution in [0.15, 0.2) is 0 Å². The maximum atomic E-state index is 3.81. The van der Waals surface area contributed by atoms with Crippen LogP contribution in [0.1, 0.15) is 45.4 Å². The number of nitrogens with one attached hydrogen (secondary N) is 1. The zero-order chi connectivity index (χ0) is 12.5. The highest BCUT2D eigenvalue weighted by Crippen LogP contribution is 2.27. The SMILES string of the molecule is CC(CN1CCCC(NC2CC2)C1)N(C)C1CC1. The van der Waals surface area contributed by atoms with Gasteiger partial charge in [-0.15, -0.1) is 0 Å². The molecule has 0 spiro atoms. The molecule has 0 aromatic rings. The lowest BCUT2D eigenvalue weighted by atomic mass is 10.0. The quantitative estimate of drug-likeness (QED) is 0.775. The molecule has 1 heterocycles. The molecule has 104 valence electrons. The van der Waals surface area contributed by atoms with Crippen LogP contribution >= 0.6 is 0 Å². The summed E-state index contributed by atoms with van der Waals surface area (Å²) >= 11 is 0. The molecule has 1 aliphatic heterocycles. The van der Waals surface area contributed by atoms with Crippen molar-refractivity contribution >= 4 is 0 Å². The van der Waals surface area contributed by atoms with Gasteiger partial charge in [-0.2, -0.15) is 0 Å². The molecule has 3 nitrogen and oxygen atoms in total. The number of piperidine rings is 1. The molecule has 2 atom stereocenters. The van der Waals surface area contributed by atoms with E-state index in [4.69, 9.17) is 0 Å². The van der Waals surface area contributed by atoms with Crippen molar-refractivity contribution in [2.75, 3.05) is 26.7 Å². The van der Waals surface area contributed by atoms with Crippen LogP contribution in [0.2, 0.25) is 0 Å². The first-order valence-electron chi connectivity index (χ1n) is 7.92. The van der Waals surface area contributed by atoms with Gasteiger partial charge in [0, 0.05) is 37.3 Å². The van der Waals surface area contributed by atoms with Crippen molar-refractivity contribution in [2.45, 2.75) is 69.6 Å². The zero-order valence-electron chi connectivity index (χ0n) is 12.1. The Labute approximate surface area is 112 Å². The van der Waals surface area contributed by atoms with Gasteiger partial charge in [-0.3, -0.25) is 4.90 Å². The third-order valence-electron chi connectivity index (χ3n) is 4.89. The van der Waals surface area contributed by atoms with E-state index in [9.17, 15) is 0 Å². The lowest BCUT2D eigenvalue weighted by Crippen LogP contribution is -2.50. The van der Waals surface area contributed by atoms with Crippen LogP contribution in [0.25, 0.3) is 0 Å². The summed E-state index contributed by atoms with van der Waals surface area (Å²) in [6.45, 7) is 6.25. The minimum absolute atomic E-state index is 0.720. The fourth-order valence-electron chi connectivity index (χ4n) is 3.28. The second-order valence-electron chi connectivity index (χ2n) is 6.79. The third kappa shape index (κ3) is 3.46. The predicted octanol–water partition coefficient (Wildman–Crippen LogP) is 1.69. The Hall–Kier alpha value is -0.120. The first kappa shape index (κ1) is 12.9. The lowest BCUT2D eigenvalue weighted by Gasteiger charge is -2.37. The molecule has 2 unspecified atom stereocenters. The molecule has 2 saturated carbocycles. The number of likely N-dealkylation sites (N-methyl/N-ethyl adjacent to an activating group) is 1. The maximum Gasteiger partial charge on any atom is 0.0198 e. The van der Waals surface area contributed by atoms with Crippen LogP contribution in [0.4, 0.5) is 0 Å². The lowest BCUT2D eigenvalue weighted by molar-refractivity contribution is 0.132. The topological polar surface area (TPSA) is 18.5 Å². The number of hydrogen-bond acceptors (Lipinski definition) is 3. The van der Waals surface area contributed by atoms with Crippen molar-refractivity contribution < 1.29 is 0 Å². The Kier molecular flexibility index (Phi) is 3.92. The first-order valence-corrected chi connectivity index (χ1v) is 7.92. The second-order valence-corrected chi connectivity index (χ2v) is 6.79. The van der Waals surface area contributed by atoms with E-state index in [-0.39, 0.29) is 0 Å². The summed E-state index contributed by atoms with van der Waals surface area (Å²) in [4.78, 5) is 5.28. The molecule has 3 heteroatoms. The smallest absolute Gasteiger partial charge is 0.0198 e. The number of likely N-dealkylation sites (tertiary alicyclic amines) is 1. The molecule has 0 aromatic heterocycles. The normalized spacial score (nSPS) is 31.8. The number of hydrogen-bond donors (Lipinski definition) is 1. The Morgan fingerprint density at radius 2 is 1.94 bits per heavy atom. The van der Waals surface area contributed by atoms with Gasteiger partial charge in [0.2, 0.25) is 0 Å². The Balaban J connectivity index is 1.42. The predicted molar refractivity (Wildman–Crippen MR) is 75.9 cm³/mol. The number of nitrogens with zero attached hydrogens (tertiary/aromatic N) is 2. The minimum atomic E-state index is 0.720. The summed E-state index contributed by atoms with van der Waals surface area (Å²) in [5, 5.41) is 3.81. The summed E-state index contributed by atoms with van der Waals surface area (Å²) in [5.74, 6) is 0. The fourth-order valence-corrected chi connectivity index (χ4v) is 3.28. The van der Waals surface area contributed by atoms with E-state index in [1.165, 1.54) is 58.2 Å². The van der Waals surface area contributed by atoms with Gasteiger partial charge in [0.05, 0.1) is 0 Å². The van der Waals surface area contributed by atoms with Crippen LogP contribution in [-0.4, -0.2) is 60.6 Å². The molecule has 1 N–H and O–H groups in total. The average Bonchev–Trinajstić information content (AvgIpc) is 3.22. The van der Waals surface area contributed by atoms with Gasteiger partial charge in [0.25, 0.3) is 0 Å². The third-order valence-corrected chi connectivity index (χ3v) is 4.89. The van der Waals surface area contributed by atoms with E-state index >= 15 is 0 Å². The molecule has 0 radical (unpaired) electrons. The van der Waals surface area contributed by atoms with Gasteiger partial charge in [-0.1, -0.05) is 0 Å². The largest absolute Gasteiger partial charge is 0.310 e. The van der Waals surface area contributed by atoms with Gasteiger partial charge in [0.1, 0.15) is 0 Å². The molecular weight excluding hydrogens is 222 g/mol. The minimum Gasteiger partial charge on any atom is -0.310 e. The van der Waals surface area contributed by atoms with Gasteiger partial charge in [-0.25, -0.2) is 0 Å². The Morgan fingerprint density at radius 3 is 2.61 bits per heavy atom. The van der Waals surface area contributed by atoms with Crippen molar-refractivity contribution in [1.29, 1.82) is 0 Å². The highest BCUT2D eigenvalue weighted by atomic mass is 15.2. The highest BCUT2D eigenvalue weighted by molar-refractivity contribution is 4.90. The fraction of sp³-hybridized carbons (Fsp3) is 1.00. The van der Waals surface area contributed by atoms with Crippen molar-refractivity contribution in [3.8, 4) is 0 Å². The summed E-state index contributed by atoms with van der Waals surface area (Å²) in [6.07, 6.45) is 8.44.